The second kappa shape index (κ2) is 9.14. The number of anilines is 1. The fourth-order valence-corrected chi connectivity index (χ4v) is 3.33. The van der Waals surface area contributed by atoms with Gasteiger partial charge in [0.25, 0.3) is 5.69 Å². The number of nitro groups is 1. The SMILES string of the molecule is O=C(CCNc1ccccc1[N+](=O)[O-])N[C@@H]1CCN(Cc2ccccc2)C1. The number of hydrogen-bond acceptors (Lipinski definition) is 5. The number of carbonyl (C=O) groups excluding carboxylic acids is 1. The van der Waals surface area contributed by atoms with Crippen LogP contribution in [0, 0.1) is 10.1 Å². The highest BCUT2D eigenvalue weighted by Gasteiger charge is 2.23. The predicted octanol–water partition coefficient (Wildman–Crippen LogP) is 2.79. The number of benzene rings is 2. The normalized spacial score (nSPS) is 16.8. The first-order chi connectivity index (χ1) is 13.1. The van der Waals surface area contributed by atoms with E-state index in [-0.39, 0.29) is 24.1 Å². The molecule has 0 aromatic heterocycles. The smallest absolute Gasteiger partial charge is 0.292 e. The Kier molecular flexibility index (Phi) is 6.38. The number of nitrogens with zero attached hydrogens (tertiary/aromatic N) is 2. The molecule has 1 fully saturated rings. The molecule has 1 heterocycles. The highest BCUT2D eigenvalue weighted by atomic mass is 16.6. The van der Waals surface area contributed by atoms with E-state index in [4.69, 9.17) is 0 Å². The molecule has 1 aliphatic heterocycles. The topological polar surface area (TPSA) is 87.5 Å². The molecule has 0 aliphatic carbocycles. The zero-order valence-electron chi connectivity index (χ0n) is 15.1. The first kappa shape index (κ1) is 18.8. The van der Waals surface area contributed by atoms with E-state index in [1.54, 1.807) is 18.2 Å². The van der Waals surface area contributed by atoms with E-state index in [0.717, 1.165) is 26.1 Å². The molecule has 0 saturated carbocycles. The Morgan fingerprint density at radius 2 is 1.89 bits per heavy atom. The summed E-state index contributed by atoms with van der Waals surface area (Å²) in [6.45, 7) is 3.07. The zero-order valence-corrected chi connectivity index (χ0v) is 15.1. The lowest BCUT2D eigenvalue weighted by atomic mass is 10.2. The van der Waals surface area contributed by atoms with E-state index in [9.17, 15) is 14.9 Å². The van der Waals surface area contributed by atoms with Gasteiger partial charge in [-0.05, 0) is 18.1 Å². The Hall–Kier alpha value is -2.93. The van der Waals surface area contributed by atoms with Crippen LogP contribution >= 0.6 is 0 Å². The molecule has 7 heteroatoms. The van der Waals surface area contributed by atoms with Crippen LogP contribution < -0.4 is 10.6 Å². The fourth-order valence-electron chi connectivity index (χ4n) is 3.33. The lowest BCUT2D eigenvalue weighted by Gasteiger charge is -2.17. The van der Waals surface area contributed by atoms with Crippen LogP contribution in [0.4, 0.5) is 11.4 Å². The fraction of sp³-hybridized carbons (Fsp3) is 0.350. The molecule has 7 nitrogen and oxygen atoms in total. The van der Waals surface area contributed by atoms with E-state index in [1.165, 1.54) is 11.6 Å². The molecule has 0 unspecified atom stereocenters. The van der Waals surface area contributed by atoms with Gasteiger partial charge in [0, 0.05) is 44.7 Å². The maximum Gasteiger partial charge on any atom is 0.292 e. The van der Waals surface area contributed by atoms with Gasteiger partial charge in [-0.15, -0.1) is 0 Å². The van der Waals surface area contributed by atoms with Crippen molar-refractivity contribution in [2.75, 3.05) is 25.0 Å². The van der Waals surface area contributed by atoms with Gasteiger partial charge in [-0.25, -0.2) is 0 Å². The first-order valence-corrected chi connectivity index (χ1v) is 9.15. The van der Waals surface area contributed by atoms with Crippen molar-refractivity contribution in [2.24, 2.45) is 0 Å². The van der Waals surface area contributed by atoms with Gasteiger partial charge in [-0.3, -0.25) is 19.8 Å². The molecule has 1 atom stereocenters. The zero-order chi connectivity index (χ0) is 19.1. The summed E-state index contributed by atoms with van der Waals surface area (Å²) in [4.78, 5) is 25.1. The number of nitrogens with one attached hydrogen (secondary N) is 2. The second-order valence-electron chi connectivity index (χ2n) is 6.72. The van der Waals surface area contributed by atoms with Gasteiger partial charge >= 0.3 is 0 Å². The molecule has 2 N–H and O–H groups in total. The minimum atomic E-state index is -0.428. The summed E-state index contributed by atoms with van der Waals surface area (Å²) < 4.78 is 0. The van der Waals surface area contributed by atoms with Gasteiger partial charge in [0.15, 0.2) is 0 Å². The van der Waals surface area contributed by atoms with Crippen molar-refractivity contribution in [1.29, 1.82) is 0 Å². The van der Waals surface area contributed by atoms with E-state index in [1.807, 2.05) is 18.2 Å². The van der Waals surface area contributed by atoms with Crippen molar-refractivity contribution < 1.29 is 9.72 Å². The van der Waals surface area contributed by atoms with Crippen molar-refractivity contribution in [3.63, 3.8) is 0 Å². The Balaban J connectivity index is 1.39. The highest BCUT2D eigenvalue weighted by Crippen LogP contribution is 2.22. The van der Waals surface area contributed by atoms with Crippen LogP contribution in [0.2, 0.25) is 0 Å². The van der Waals surface area contributed by atoms with Crippen LogP contribution in [0.3, 0.4) is 0 Å². The van der Waals surface area contributed by atoms with E-state index >= 15 is 0 Å². The molecule has 3 rings (SSSR count). The molecule has 0 bridgehead atoms. The van der Waals surface area contributed by atoms with Gasteiger partial charge in [0.05, 0.1) is 4.92 Å². The number of para-hydroxylation sites is 2. The van der Waals surface area contributed by atoms with Crippen molar-refractivity contribution >= 4 is 17.3 Å². The van der Waals surface area contributed by atoms with Gasteiger partial charge < -0.3 is 10.6 Å². The standard InChI is InChI=1S/C20H24N4O3/c25-20(10-12-21-18-8-4-5-9-19(18)24(26)27)22-17-11-13-23(15-17)14-16-6-2-1-3-7-16/h1-9,17,21H,10-15H2,(H,22,25)/t17-/m1/s1. The molecule has 0 radical (unpaired) electrons. The van der Waals surface area contributed by atoms with Crippen molar-refractivity contribution in [3.05, 3.63) is 70.3 Å². The average molecular weight is 368 g/mol. The monoisotopic (exact) mass is 368 g/mol. The quantitative estimate of drug-likeness (QED) is 0.553. The van der Waals surface area contributed by atoms with Crippen LogP contribution in [0.25, 0.3) is 0 Å². The predicted molar refractivity (Wildman–Crippen MR) is 104 cm³/mol. The summed E-state index contributed by atoms with van der Waals surface area (Å²) in [5, 5.41) is 17.0. The highest BCUT2D eigenvalue weighted by molar-refractivity contribution is 5.77. The minimum Gasteiger partial charge on any atom is -0.379 e. The van der Waals surface area contributed by atoms with Gasteiger partial charge in [0.1, 0.15) is 5.69 Å². The van der Waals surface area contributed by atoms with Crippen LogP contribution in [0.1, 0.15) is 18.4 Å². The van der Waals surface area contributed by atoms with Crippen molar-refractivity contribution in [2.45, 2.75) is 25.4 Å². The third-order valence-electron chi connectivity index (χ3n) is 4.65. The molecule has 2 aromatic carbocycles. The first-order valence-electron chi connectivity index (χ1n) is 9.15. The Labute approximate surface area is 158 Å². The van der Waals surface area contributed by atoms with Crippen LogP contribution in [0.15, 0.2) is 54.6 Å². The Morgan fingerprint density at radius 3 is 2.67 bits per heavy atom. The van der Waals surface area contributed by atoms with Gasteiger partial charge in [-0.2, -0.15) is 0 Å². The van der Waals surface area contributed by atoms with E-state index in [2.05, 4.69) is 27.7 Å². The number of rotatable bonds is 8. The average Bonchev–Trinajstić information content (AvgIpc) is 3.09. The Bertz CT molecular complexity index is 782. The van der Waals surface area contributed by atoms with E-state index < -0.39 is 4.92 Å². The number of hydrogen-bond donors (Lipinski definition) is 2. The summed E-state index contributed by atoms with van der Waals surface area (Å²) in [5.41, 5.74) is 1.73. The maximum absolute atomic E-state index is 12.2. The molecule has 142 valence electrons. The summed E-state index contributed by atoms with van der Waals surface area (Å²) >= 11 is 0. The van der Waals surface area contributed by atoms with Crippen molar-refractivity contribution in [1.82, 2.24) is 10.2 Å². The second-order valence-corrected chi connectivity index (χ2v) is 6.72. The van der Waals surface area contributed by atoms with Crippen molar-refractivity contribution in [3.8, 4) is 0 Å². The van der Waals surface area contributed by atoms with E-state index in [0.29, 0.717) is 12.2 Å². The third-order valence-corrected chi connectivity index (χ3v) is 4.65. The summed E-state index contributed by atoms with van der Waals surface area (Å²) in [6.07, 6.45) is 1.22. The molecular formula is C20H24N4O3. The number of carbonyl (C=O) groups is 1. The molecule has 0 spiro atoms. The molecule has 1 aliphatic rings. The lowest BCUT2D eigenvalue weighted by Crippen LogP contribution is -2.37. The van der Waals surface area contributed by atoms with Crippen LogP contribution in [-0.4, -0.2) is 41.4 Å². The molecule has 1 saturated heterocycles. The summed E-state index contributed by atoms with van der Waals surface area (Å²) in [7, 11) is 0. The minimum absolute atomic E-state index is 0.0188. The molecule has 27 heavy (non-hydrogen) atoms. The molecule has 1 amide bonds. The third kappa shape index (κ3) is 5.52. The van der Waals surface area contributed by atoms with Crippen LogP contribution in [-0.2, 0) is 11.3 Å². The van der Waals surface area contributed by atoms with Gasteiger partial charge in [0.2, 0.25) is 5.91 Å². The van der Waals surface area contributed by atoms with Crippen LogP contribution in [0.5, 0.6) is 0 Å². The molecular weight excluding hydrogens is 344 g/mol. The lowest BCUT2D eigenvalue weighted by molar-refractivity contribution is -0.384. The summed E-state index contributed by atoms with van der Waals surface area (Å²) in [5.74, 6) is -0.0346. The number of likely N-dealkylation sites (tertiary alicyclic amines) is 1. The van der Waals surface area contributed by atoms with Gasteiger partial charge in [-0.1, -0.05) is 42.5 Å². The maximum atomic E-state index is 12.2. The summed E-state index contributed by atoms with van der Waals surface area (Å²) in [6, 6.07) is 16.9. The largest absolute Gasteiger partial charge is 0.379 e. The molecule has 2 aromatic rings. The Morgan fingerprint density at radius 1 is 1.15 bits per heavy atom. The number of nitro benzene ring substituents is 1. The number of amides is 1.